The van der Waals surface area contributed by atoms with E-state index in [0.29, 0.717) is 12.0 Å². The molecule has 2 rings (SSSR count). The van der Waals surface area contributed by atoms with Crippen molar-refractivity contribution in [1.82, 2.24) is 4.57 Å². The highest BCUT2D eigenvalue weighted by molar-refractivity contribution is 6.03. The van der Waals surface area contributed by atoms with Gasteiger partial charge in [-0.3, -0.25) is 0 Å². The third-order valence-corrected chi connectivity index (χ3v) is 3.50. The zero-order valence-electron chi connectivity index (χ0n) is 12.0. The van der Waals surface area contributed by atoms with Gasteiger partial charge >= 0.3 is 5.97 Å². The molecule has 0 bridgehead atoms. The Hall–Kier alpha value is -1.81. The second kappa shape index (κ2) is 6.09. The Bertz CT molecular complexity index is 628. The second-order valence-corrected chi connectivity index (χ2v) is 5.19. The Morgan fingerprint density at radius 2 is 2.10 bits per heavy atom. The highest BCUT2D eigenvalue weighted by atomic mass is 16.4. The van der Waals surface area contributed by atoms with Crippen molar-refractivity contribution in [2.24, 2.45) is 0 Å². The van der Waals surface area contributed by atoms with Gasteiger partial charge in [0.2, 0.25) is 0 Å². The van der Waals surface area contributed by atoms with E-state index in [0.717, 1.165) is 41.4 Å². The number of hydrogen-bond acceptors (Lipinski definition) is 2. The molecule has 0 saturated carbocycles. The summed E-state index contributed by atoms with van der Waals surface area (Å²) in [5.74, 6) is -0.886. The van der Waals surface area contributed by atoms with Crippen molar-refractivity contribution in [2.75, 3.05) is 6.61 Å². The van der Waals surface area contributed by atoms with Crippen molar-refractivity contribution in [1.29, 1.82) is 0 Å². The molecule has 0 fully saturated rings. The number of nitrogens with zero attached hydrogens (tertiary/aromatic N) is 1. The van der Waals surface area contributed by atoms with Crippen molar-refractivity contribution in [3.05, 3.63) is 35.0 Å². The zero-order valence-corrected chi connectivity index (χ0v) is 12.0. The van der Waals surface area contributed by atoms with Gasteiger partial charge in [0.1, 0.15) is 0 Å². The van der Waals surface area contributed by atoms with E-state index in [1.165, 1.54) is 0 Å². The molecule has 0 saturated heterocycles. The Kier molecular flexibility index (Phi) is 4.45. The first-order valence-corrected chi connectivity index (χ1v) is 7.05. The number of aromatic carboxylic acids is 1. The van der Waals surface area contributed by atoms with Crippen molar-refractivity contribution < 1.29 is 15.0 Å². The van der Waals surface area contributed by atoms with E-state index in [9.17, 15) is 9.90 Å². The number of benzene rings is 1. The standard InChI is InChI=1S/C16H21NO3/c1-3-6-17-10-12(5-4-7-18)13-8-11(2)9-14(15(13)17)16(19)20/h8-10,18H,3-7H2,1-2H3,(H,19,20). The number of hydrogen-bond donors (Lipinski definition) is 2. The maximum absolute atomic E-state index is 11.5. The van der Waals surface area contributed by atoms with E-state index in [1.807, 2.05) is 23.8 Å². The van der Waals surface area contributed by atoms with Crippen LogP contribution in [0.15, 0.2) is 18.3 Å². The van der Waals surface area contributed by atoms with Crippen LogP contribution in [0, 0.1) is 6.92 Å². The first kappa shape index (κ1) is 14.6. The number of aryl methyl sites for hydroxylation is 3. The summed E-state index contributed by atoms with van der Waals surface area (Å²) in [7, 11) is 0. The molecule has 1 aromatic carbocycles. The van der Waals surface area contributed by atoms with Gasteiger partial charge in [0, 0.05) is 24.7 Å². The predicted octanol–water partition coefficient (Wildman–Crippen LogP) is 2.98. The molecule has 1 heterocycles. The van der Waals surface area contributed by atoms with Crippen LogP contribution in [0.3, 0.4) is 0 Å². The Labute approximate surface area is 118 Å². The molecule has 2 aromatic rings. The minimum atomic E-state index is -0.886. The van der Waals surface area contributed by atoms with Gasteiger partial charge in [-0.2, -0.15) is 0 Å². The van der Waals surface area contributed by atoms with Crippen LogP contribution in [-0.4, -0.2) is 27.4 Å². The van der Waals surface area contributed by atoms with Crippen LogP contribution in [-0.2, 0) is 13.0 Å². The number of rotatable bonds is 6. The Morgan fingerprint density at radius 3 is 2.70 bits per heavy atom. The second-order valence-electron chi connectivity index (χ2n) is 5.19. The average molecular weight is 275 g/mol. The summed E-state index contributed by atoms with van der Waals surface area (Å²) in [6, 6.07) is 3.77. The van der Waals surface area contributed by atoms with E-state index in [1.54, 1.807) is 6.07 Å². The summed E-state index contributed by atoms with van der Waals surface area (Å²) in [4.78, 5) is 11.5. The molecule has 0 amide bonds. The average Bonchev–Trinajstić information content (AvgIpc) is 2.74. The fourth-order valence-electron chi connectivity index (χ4n) is 2.70. The van der Waals surface area contributed by atoms with Gasteiger partial charge in [-0.15, -0.1) is 0 Å². The molecule has 20 heavy (non-hydrogen) atoms. The Balaban J connectivity index is 2.68. The minimum Gasteiger partial charge on any atom is -0.478 e. The molecule has 0 unspecified atom stereocenters. The summed E-state index contributed by atoms with van der Waals surface area (Å²) in [6.45, 7) is 4.95. The fraction of sp³-hybridized carbons (Fsp3) is 0.438. The van der Waals surface area contributed by atoms with Crippen LogP contribution in [0.5, 0.6) is 0 Å². The van der Waals surface area contributed by atoms with Crippen LogP contribution < -0.4 is 0 Å². The first-order chi connectivity index (χ1) is 9.58. The third kappa shape index (κ3) is 2.70. The number of aliphatic hydroxyl groups is 1. The van der Waals surface area contributed by atoms with Crippen molar-refractivity contribution in [3.63, 3.8) is 0 Å². The molecule has 4 nitrogen and oxygen atoms in total. The lowest BCUT2D eigenvalue weighted by atomic mass is 10.0. The van der Waals surface area contributed by atoms with Gasteiger partial charge < -0.3 is 14.8 Å². The van der Waals surface area contributed by atoms with E-state index >= 15 is 0 Å². The predicted molar refractivity (Wildman–Crippen MR) is 79.3 cm³/mol. The number of carbonyl (C=O) groups is 1. The van der Waals surface area contributed by atoms with E-state index in [2.05, 4.69) is 6.92 Å². The summed E-state index contributed by atoms with van der Waals surface area (Å²) in [5.41, 5.74) is 3.24. The topological polar surface area (TPSA) is 62.5 Å². The zero-order chi connectivity index (χ0) is 14.7. The normalized spacial score (nSPS) is 11.2. The highest BCUT2D eigenvalue weighted by Crippen LogP contribution is 2.28. The lowest BCUT2D eigenvalue weighted by Gasteiger charge is -2.07. The quantitative estimate of drug-likeness (QED) is 0.852. The van der Waals surface area contributed by atoms with Gasteiger partial charge in [0.25, 0.3) is 0 Å². The van der Waals surface area contributed by atoms with Crippen LogP contribution in [0.2, 0.25) is 0 Å². The monoisotopic (exact) mass is 275 g/mol. The maximum atomic E-state index is 11.5. The third-order valence-electron chi connectivity index (χ3n) is 3.50. The van der Waals surface area contributed by atoms with Crippen LogP contribution in [0.25, 0.3) is 10.9 Å². The lowest BCUT2D eigenvalue weighted by Crippen LogP contribution is -2.03. The largest absolute Gasteiger partial charge is 0.478 e. The molecule has 4 heteroatoms. The SMILES string of the molecule is CCCn1cc(CCCO)c2cc(C)cc(C(=O)O)c21. The maximum Gasteiger partial charge on any atom is 0.337 e. The molecule has 0 radical (unpaired) electrons. The van der Waals surface area contributed by atoms with Gasteiger partial charge in [-0.1, -0.05) is 6.92 Å². The number of aromatic nitrogens is 1. The van der Waals surface area contributed by atoms with Crippen LogP contribution >= 0.6 is 0 Å². The number of aliphatic hydroxyl groups excluding tert-OH is 1. The van der Waals surface area contributed by atoms with Crippen LogP contribution in [0.4, 0.5) is 0 Å². The molecule has 0 spiro atoms. The van der Waals surface area contributed by atoms with Crippen molar-refractivity contribution in [3.8, 4) is 0 Å². The molecule has 0 aliphatic carbocycles. The van der Waals surface area contributed by atoms with E-state index in [4.69, 9.17) is 5.11 Å². The number of fused-ring (bicyclic) bond motifs is 1. The summed E-state index contributed by atoms with van der Waals surface area (Å²) < 4.78 is 2.03. The fourth-order valence-corrected chi connectivity index (χ4v) is 2.70. The molecule has 0 aliphatic heterocycles. The first-order valence-electron chi connectivity index (χ1n) is 7.05. The van der Waals surface area contributed by atoms with E-state index in [-0.39, 0.29) is 6.61 Å². The molecular formula is C16H21NO3. The van der Waals surface area contributed by atoms with Crippen molar-refractivity contribution >= 4 is 16.9 Å². The summed E-state index contributed by atoms with van der Waals surface area (Å²) in [5, 5.41) is 19.4. The molecule has 1 aromatic heterocycles. The van der Waals surface area contributed by atoms with Gasteiger partial charge in [0.05, 0.1) is 11.1 Å². The van der Waals surface area contributed by atoms with Gasteiger partial charge in [0.15, 0.2) is 0 Å². The minimum absolute atomic E-state index is 0.151. The molecular weight excluding hydrogens is 254 g/mol. The van der Waals surface area contributed by atoms with Gasteiger partial charge in [-0.25, -0.2) is 4.79 Å². The molecule has 2 N–H and O–H groups in total. The van der Waals surface area contributed by atoms with Crippen LogP contribution in [0.1, 0.15) is 41.3 Å². The summed E-state index contributed by atoms with van der Waals surface area (Å²) in [6.07, 6.45) is 4.46. The molecule has 108 valence electrons. The molecule has 0 atom stereocenters. The molecule has 0 aliphatic rings. The number of carboxylic acid groups (broad SMARTS) is 1. The highest BCUT2D eigenvalue weighted by Gasteiger charge is 2.16. The number of carboxylic acids is 1. The van der Waals surface area contributed by atoms with E-state index < -0.39 is 5.97 Å². The van der Waals surface area contributed by atoms with Crippen molar-refractivity contribution in [2.45, 2.75) is 39.7 Å². The van der Waals surface area contributed by atoms with Gasteiger partial charge in [-0.05, 0) is 49.4 Å². The summed E-state index contributed by atoms with van der Waals surface area (Å²) >= 11 is 0. The smallest absolute Gasteiger partial charge is 0.337 e. The Morgan fingerprint density at radius 1 is 1.35 bits per heavy atom. The lowest BCUT2D eigenvalue weighted by molar-refractivity contribution is 0.0698.